The minimum absolute atomic E-state index is 0.319. The van der Waals surface area contributed by atoms with Crippen LogP contribution >= 0.6 is 11.3 Å². The summed E-state index contributed by atoms with van der Waals surface area (Å²) in [6.07, 6.45) is 4.61. The van der Waals surface area contributed by atoms with Gasteiger partial charge in [-0.1, -0.05) is 18.2 Å². The zero-order chi connectivity index (χ0) is 25.9. The molecule has 0 fully saturated rings. The fourth-order valence-corrected chi connectivity index (χ4v) is 6.74. The van der Waals surface area contributed by atoms with Crippen LogP contribution in [-0.4, -0.2) is 39.7 Å². The lowest BCUT2D eigenvalue weighted by Gasteiger charge is -2.28. The standard InChI is InChI=1S/C26H28N2O6S2/c1-17(24(29)27-25-23(26(30)33-2)21-11-7-8-12-22(21)35-25)28(36(3,31)32)18-13-15-20(16-14-18)34-19-9-5-4-6-10-19/h4-6,9-10,13-17H,7-8,11-12H2,1-3H3,(H,27,29)/t17-/m1/s1. The first-order chi connectivity index (χ1) is 17.2. The average molecular weight is 529 g/mol. The van der Waals surface area contributed by atoms with E-state index in [0.29, 0.717) is 27.8 Å². The molecule has 1 aromatic heterocycles. The molecule has 36 heavy (non-hydrogen) atoms. The Morgan fingerprint density at radius 2 is 1.64 bits per heavy atom. The number of hydrogen-bond acceptors (Lipinski definition) is 7. The maximum absolute atomic E-state index is 13.3. The van der Waals surface area contributed by atoms with E-state index in [4.69, 9.17) is 9.47 Å². The maximum Gasteiger partial charge on any atom is 0.341 e. The number of ether oxygens (including phenoxy) is 2. The van der Waals surface area contributed by atoms with E-state index in [1.165, 1.54) is 25.4 Å². The van der Waals surface area contributed by atoms with E-state index in [-0.39, 0.29) is 0 Å². The van der Waals surface area contributed by atoms with Crippen LogP contribution in [0.5, 0.6) is 11.5 Å². The minimum Gasteiger partial charge on any atom is -0.465 e. The molecule has 8 nitrogen and oxygen atoms in total. The lowest BCUT2D eigenvalue weighted by molar-refractivity contribution is -0.116. The summed E-state index contributed by atoms with van der Waals surface area (Å²) in [7, 11) is -2.51. The molecule has 1 atom stereocenters. The zero-order valence-corrected chi connectivity index (χ0v) is 21.9. The molecule has 190 valence electrons. The molecule has 1 amide bonds. The molecule has 1 aliphatic rings. The Labute approximate surface area is 214 Å². The monoisotopic (exact) mass is 528 g/mol. The smallest absolute Gasteiger partial charge is 0.341 e. The van der Waals surface area contributed by atoms with Crippen LogP contribution in [0.4, 0.5) is 10.7 Å². The highest BCUT2D eigenvalue weighted by Crippen LogP contribution is 2.39. The van der Waals surface area contributed by atoms with Gasteiger partial charge >= 0.3 is 5.97 Å². The van der Waals surface area contributed by atoms with Crippen molar-refractivity contribution in [2.24, 2.45) is 0 Å². The van der Waals surface area contributed by atoms with E-state index in [1.807, 2.05) is 30.3 Å². The number of amides is 1. The van der Waals surface area contributed by atoms with Crippen molar-refractivity contribution in [2.75, 3.05) is 23.0 Å². The number of aryl methyl sites for hydroxylation is 1. The van der Waals surface area contributed by atoms with Gasteiger partial charge in [0, 0.05) is 4.88 Å². The van der Waals surface area contributed by atoms with Gasteiger partial charge in [-0.25, -0.2) is 13.2 Å². The Balaban J connectivity index is 1.58. The number of para-hydroxylation sites is 1. The number of nitrogens with one attached hydrogen (secondary N) is 1. The fourth-order valence-electron chi connectivity index (χ4n) is 4.28. The summed E-state index contributed by atoms with van der Waals surface area (Å²) in [6.45, 7) is 1.51. The van der Waals surface area contributed by atoms with Crippen molar-refractivity contribution in [1.82, 2.24) is 0 Å². The number of thiophene rings is 1. The molecule has 0 bridgehead atoms. The minimum atomic E-state index is -3.82. The van der Waals surface area contributed by atoms with Crippen LogP contribution in [0.1, 0.15) is 40.6 Å². The van der Waals surface area contributed by atoms with Gasteiger partial charge in [-0.15, -0.1) is 11.3 Å². The van der Waals surface area contributed by atoms with Crippen LogP contribution in [0.2, 0.25) is 0 Å². The van der Waals surface area contributed by atoms with Gasteiger partial charge in [-0.2, -0.15) is 0 Å². The van der Waals surface area contributed by atoms with Crippen molar-refractivity contribution in [1.29, 1.82) is 0 Å². The van der Waals surface area contributed by atoms with Gasteiger partial charge in [0.25, 0.3) is 0 Å². The molecule has 4 rings (SSSR count). The summed E-state index contributed by atoms with van der Waals surface area (Å²) in [6, 6.07) is 14.6. The number of carbonyl (C=O) groups excluding carboxylic acids is 2. The Morgan fingerprint density at radius 1 is 1.00 bits per heavy atom. The molecule has 0 aliphatic heterocycles. The lowest BCUT2D eigenvalue weighted by Crippen LogP contribution is -2.45. The Morgan fingerprint density at radius 3 is 2.28 bits per heavy atom. The molecule has 1 heterocycles. The first-order valence-electron chi connectivity index (χ1n) is 11.5. The summed E-state index contributed by atoms with van der Waals surface area (Å²) in [5.74, 6) is 0.125. The number of benzene rings is 2. The summed E-state index contributed by atoms with van der Waals surface area (Å²) in [4.78, 5) is 26.8. The highest BCUT2D eigenvalue weighted by molar-refractivity contribution is 7.92. The summed E-state index contributed by atoms with van der Waals surface area (Å²) in [5.41, 5.74) is 1.60. The molecular weight excluding hydrogens is 500 g/mol. The van der Waals surface area contributed by atoms with Crippen molar-refractivity contribution in [3.05, 3.63) is 70.6 Å². The first-order valence-corrected chi connectivity index (χ1v) is 14.2. The molecule has 1 N–H and O–H groups in total. The van der Waals surface area contributed by atoms with Crippen molar-refractivity contribution >= 4 is 43.9 Å². The predicted molar refractivity (Wildman–Crippen MR) is 141 cm³/mol. The molecule has 0 spiro atoms. The molecule has 0 saturated heterocycles. The number of nitrogens with zero attached hydrogens (tertiary/aromatic N) is 1. The summed E-state index contributed by atoms with van der Waals surface area (Å²) < 4.78 is 37.3. The van der Waals surface area contributed by atoms with Crippen molar-refractivity contribution < 1.29 is 27.5 Å². The number of sulfonamides is 1. The number of rotatable bonds is 8. The molecule has 3 aromatic rings. The van der Waals surface area contributed by atoms with E-state index < -0.39 is 27.9 Å². The van der Waals surface area contributed by atoms with Gasteiger partial charge in [-0.05, 0) is 74.6 Å². The summed E-state index contributed by atoms with van der Waals surface area (Å²) >= 11 is 1.35. The van der Waals surface area contributed by atoms with Gasteiger partial charge in [0.1, 0.15) is 22.5 Å². The molecule has 0 radical (unpaired) electrons. The summed E-state index contributed by atoms with van der Waals surface area (Å²) in [5, 5.41) is 3.19. The van der Waals surface area contributed by atoms with Crippen LogP contribution in [0.3, 0.4) is 0 Å². The molecule has 0 unspecified atom stereocenters. The molecule has 0 saturated carbocycles. The highest BCUT2D eigenvalue weighted by Gasteiger charge is 2.32. The second kappa shape index (κ2) is 10.7. The van der Waals surface area contributed by atoms with E-state index in [2.05, 4.69) is 5.32 Å². The SMILES string of the molecule is COC(=O)c1c(NC(=O)[C@@H](C)N(c2ccc(Oc3ccccc3)cc2)S(C)(=O)=O)sc2c1CCCC2. The Bertz CT molecular complexity index is 1350. The van der Waals surface area contributed by atoms with Crippen LogP contribution in [0.25, 0.3) is 0 Å². The van der Waals surface area contributed by atoms with Crippen LogP contribution < -0.4 is 14.4 Å². The van der Waals surface area contributed by atoms with Gasteiger partial charge < -0.3 is 14.8 Å². The molecular formula is C26H28N2O6S2. The highest BCUT2D eigenvalue weighted by atomic mass is 32.2. The number of methoxy groups -OCH3 is 1. The van der Waals surface area contributed by atoms with Crippen LogP contribution in [0.15, 0.2) is 54.6 Å². The number of esters is 1. The Kier molecular flexibility index (Phi) is 7.65. The number of anilines is 2. The van der Waals surface area contributed by atoms with Gasteiger partial charge in [0.05, 0.1) is 24.6 Å². The van der Waals surface area contributed by atoms with E-state index in [0.717, 1.165) is 46.7 Å². The van der Waals surface area contributed by atoms with E-state index in [9.17, 15) is 18.0 Å². The fraction of sp³-hybridized carbons (Fsp3) is 0.308. The van der Waals surface area contributed by atoms with Crippen molar-refractivity contribution in [3.63, 3.8) is 0 Å². The number of hydrogen-bond donors (Lipinski definition) is 1. The van der Waals surface area contributed by atoms with Crippen molar-refractivity contribution in [2.45, 2.75) is 38.6 Å². The van der Waals surface area contributed by atoms with E-state index in [1.54, 1.807) is 24.3 Å². The molecule has 1 aliphatic carbocycles. The second-order valence-corrected chi connectivity index (χ2v) is 11.5. The van der Waals surface area contributed by atoms with Crippen molar-refractivity contribution in [3.8, 4) is 11.5 Å². The zero-order valence-electron chi connectivity index (χ0n) is 20.3. The maximum atomic E-state index is 13.3. The third-order valence-corrected chi connectivity index (χ3v) is 8.41. The third kappa shape index (κ3) is 5.55. The molecule has 2 aromatic carbocycles. The Hall–Kier alpha value is -3.37. The predicted octanol–water partition coefficient (Wildman–Crippen LogP) is 5.00. The number of fused-ring (bicyclic) bond motifs is 1. The van der Waals surface area contributed by atoms with Crippen LogP contribution in [0, 0.1) is 0 Å². The van der Waals surface area contributed by atoms with Crippen LogP contribution in [-0.2, 0) is 32.4 Å². The largest absolute Gasteiger partial charge is 0.465 e. The number of carbonyl (C=O) groups is 2. The van der Waals surface area contributed by atoms with Gasteiger partial charge in [-0.3, -0.25) is 9.10 Å². The topological polar surface area (TPSA) is 102 Å². The van der Waals surface area contributed by atoms with E-state index >= 15 is 0 Å². The van der Waals surface area contributed by atoms with Gasteiger partial charge in [0.2, 0.25) is 15.9 Å². The second-order valence-electron chi connectivity index (χ2n) is 8.54. The molecule has 10 heteroatoms. The quantitative estimate of drug-likeness (QED) is 0.413. The first kappa shape index (κ1) is 25.7. The third-order valence-electron chi connectivity index (χ3n) is 5.96. The van der Waals surface area contributed by atoms with Gasteiger partial charge in [0.15, 0.2) is 0 Å². The normalized spacial score (nSPS) is 13.9. The average Bonchev–Trinajstić information content (AvgIpc) is 3.22. The lowest BCUT2D eigenvalue weighted by atomic mass is 9.95.